The van der Waals surface area contributed by atoms with E-state index in [0.29, 0.717) is 18.8 Å². The number of aryl methyl sites for hydroxylation is 1. The lowest BCUT2D eigenvalue weighted by atomic mass is 10.2. The van der Waals surface area contributed by atoms with E-state index >= 15 is 0 Å². The number of benzene rings is 1. The molecule has 1 heterocycles. The molecule has 1 aliphatic rings. The Morgan fingerprint density at radius 1 is 1.29 bits per heavy atom. The fraction of sp³-hybridized carbons (Fsp3) is 0.455. The number of halogens is 1. The van der Waals surface area contributed by atoms with Gasteiger partial charge in [-0.3, -0.25) is 4.72 Å². The highest BCUT2D eigenvalue weighted by atomic mass is 79.9. The van der Waals surface area contributed by atoms with Crippen molar-refractivity contribution in [3.63, 3.8) is 0 Å². The minimum Gasteiger partial charge on any atom is -0.271 e. The first-order valence-corrected chi connectivity index (χ1v) is 7.76. The molecule has 6 heteroatoms. The Labute approximate surface area is 110 Å². The van der Waals surface area contributed by atoms with Crippen molar-refractivity contribution in [2.45, 2.75) is 19.8 Å². The Morgan fingerprint density at radius 3 is 2.53 bits per heavy atom. The lowest BCUT2D eigenvalue weighted by molar-refractivity contribution is 0.482. The second-order valence-corrected chi connectivity index (χ2v) is 6.70. The fourth-order valence-corrected chi connectivity index (χ4v) is 3.47. The first-order valence-electron chi connectivity index (χ1n) is 5.53. The van der Waals surface area contributed by atoms with Crippen molar-refractivity contribution in [3.05, 3.63) is 28.2 Å². The second-order valence-electron chi connectivity index (χ2n) is 4.18. The van der Waals surface area contributed by atoms with Crippen LogP contribution < -0.4 is 4.72 Å². The van der Waals surface area contributed by atoms with Gasteiger partial charge in [-0.1, -0.05) is 22.0 Å². The SMILES string of the molecule is Cc1ccc(NS(=O)(=O)N2CCCC2)cc1Br. The molecule has 2 rings (SSSR count). The van der Waals surface area contributed by atoms with E-state index in [0.717, 1.165) is 22.9 Å². The molecule has 0 aliphatic carbocycles. The molecular weight excluding hydrogens is 304 g/mol. The predicted molar refractivity (Wildman–Crippen MR) is 72.2 cm³/mol. The highest BCUT2D eigenvalue weighted by Crippen LogP contribution is 2.22. The van der Waals surface area contributed by atoms with Gasteiger partial charge < -0.3 is 0 Å². The summed E-state index contributed by atoms with van der Waals surface area (Å²) in [5.41, 5.74) is 1.67. The van der Waals surface area contributed by atoms with Crippen LogP contribution in [0, 0.1) is 6.92 Å². The molecule has 1 fully saturated rings. The second kappa shape index (κ2) is 4.96. The molecule has 0 unspecified atom stereocenters. The maximum absolute atomic E-state index is 12.0. The molecule has 1 aromatic rings. The summed E-state index contributed by atoms with van der Waals surface area (Å²) in [5.74, 6) is 0. The molecule has 17 heavy (non-hydrogen) atoms. The zero-order chi connectivity index (χ0) is 12.5. The molecule has 0 bridgehead atoms. The Bertz CT molecular complexity index is 510. The molecule has 94 valence electrons. The first kappa shape index (κ1) is 12.9. The summed E-state index contributed by atoms with van der Waals surface area (Å²) in [4.78, 5) is 0. The molecule has 0 saturated carbocycles. The van der Waals surface area contributed by atoms with Crippen LogP contribution in [0.15, 0.2) is 22.7 Å². The van der Waals surface area contributed by atoms with Crippen LogP contribution in [-0.2, 0) is 10.2 Å². The van der Waals surface area contributed by atoms with E-state index in [-0.39, 0.29) is 0 Å². The highest BCUT2D eigenvalue weighted by Gasteiger charge is 2.24. The van der Waals surface area contributed by atoms with Crippen LogP contribution in [0.5, 0.6) is 0 Å². The molecule has 1 saturated heterocycles. The van der Waals surface area contributed by atoms with Gasteiger partial charge in [-0.25, -0.2) is 0 Å². The molecule has 0 atom stereocenters. The van der Waals surface area contributed by atoms with E-state index in [9.17, 15) is 8.42 Å². The lowest BCUT2D eigenvalue weighted by Crippen LogP contribution is -2.33. The summed E-state index contributed by atoms with van der Waals surface area (Å²) in [5, 5.41) is 0. The highest BCUT2D eigenvalue weighted by molar-refractivity contribution is 9.10. The summed E-state index contributed by atoms with van der Waals surface area (Å²) in [6.45, 7) is 3.19. The summed E-state index contributed by atoms with van der Waals surface area (Å²) in [7, 11) is -3.38. The smallest absolute Gasteiger partial charge is 0.271 e. The number of nitrogens with one attached hydrogen (secondary N) is 1. The van der Waals surface area contributed by atoms with Crippen molar-refractivity contribution in [2.75, 3.05) is 17.8 Å². The number of anilines is 1. The van der Waals surface area contributed by atoms with Crippen molar-refractivity contribution in [2.24, 2.45) is 0 Å². The van der Waals surface area contributed by atoms with Crippen molar-refractivity contribution >= 4 is 31.8 Å². The van der Waals surface area contributed by atoms with E-state index in [4.69, 9.17) is 0 Å². The molecular formula is C11H15BrN2O2S. The normalized spacial score (nSPS) is 17.3. The third kappa shape index (κ3) is 3.00. The van der Waals surface area contributed by atoms with Gasteiger partial charge >= 0.3 is 10.2 Å². The van der Waals surface area contributed by atoms with E-state index in [1.807, 2.05) is 13.0 Å². The lowest BCUT2D eigenvalue weighted by Gasteiger charge is -2.17. The van der Waals surface area contributed by atoms with Crippen LogP contribution >= 0.6 is 15.9 Å². The van der Waals surface area contributed by atoms with E-state index in [1.54, 1.807) is 12.1 Å². The van der Waals surface area contributed by atoms with Gasteiger partial charge in [-0.05, 0) is 37.5 Å². The van der Waals surface area contributed by atoms with Gasteiger partial charge in [-0.2, -0.15) is 12.7 Å². The zero-order valence-corrected chi connectivity index (χ0v) is 12.0. The van der Waals surface area contributed by atoms with Gasteiger partial charge in [0.2, 0.25) is 0 Å². The predicted octanol–water partition coefficient (Wildman–Crippen LogP) is 2.51. The van der Waals surface area contributed by atoms with E-state index < -0.39 is 10.2 Å². The van der Waals surface area contributed by atoms with Gasteiger partial charge in [0, 0.05) is 17.6 Å². The topological polar surface area (TPSA) is 49.4 Å². The van der Waals surface area contributed by atoms with Crippen LogP contribution in [0.2, 0.25) is 0 Å². The summed E-state index contributed by atoms with van der Waals surface area (Å²) >= 11 is 3.39. The van der Waals surface area contributed by atoms with Crippen LogP contribution in [0.3, 0.4) is 0 Å². The van der Waals surface area contributed by atoms with Crippen LogP contribution in [0.1, 0.15) is 18.4 Å². The third-order valence-corrected chi connectivity index (χ3v) is 5.22. The van der Waals surface area contributed by atoms with Crippen molar-refractivity contribution in [1.82, 2.24) is 4.31 Å². The Hall–Kier alpha value is -0.590. The number of hydrogen-bond acceptors (Lipinski definition) is 2. The summed E-state index contributed by atoms with van der Waals surface area (Å²) in [6.07, 6.45) is 1.89. The first-order chi connectivity index (χ1) is 7.99. The Kier molecular flexibility index (Phi) is 3.75. The van der Waals surface area contributed by atoms with Gasteiger partial charge in [0.15, 0.2) is 0 Å². The number of hydrogen-bond donors (Lipinski definition) is 1. The van der Waals surface area contributed by atoms with Gasteiger partial charge in [0.05, 0.1) is 5.69 Å². The van der Waals surface area contributed by atoms with Crippen LogP contribution in [0.25, 0.3) is 0 Å². The average Bonchev–Trinajstić information content (AvgIpc) is 2.77. The average molecular weight is 319 g/mol. The Morgan fingerprint density at radius 2 is 1.94 bits per heavy atom. The minimum absolute atomic E-state index is 0.592. The largest absolute Gasteiger partial charge is 0.301 e. The van der Waals surface area contributed by atoms with E-state index in [2.05, 4.69) is 20.7 Å². The van der Waals surface area contributed by atoms with E-state index in [1.165, 1.54) is 4.31 Å². The van der Waals surface area contributed by atoms with Crippen LogP contribution in [-0.4, -0.2) is 25.8 Å². The van der Waals surface area contributed by atoms with Gasteiger partial charge in [-0.15, -0.1) is 0 Å². The molecule has 0 radical (unpaired) electrons. The van der Waals surface area contributed by atoms with Gasteiger partial charge in [0.1, 0.15) is 0 Å². The molecule has 1 aliphatic heterocycles. The standard InChI is InChI=1S/C11H15BrN2O2S/c1-9-4-5-10(8-11(9)12)13-17(15,16)14-6-2-3-7-14/h4-5,8,13H,2-3,6-7H2,1H3. The maximum Gasteiger partial charge on any atom is 0.301 e. The fourth-order valence-electron chi connectivity index (χ4n) is 1.80. The Balaban J connectivity index is 2.17. The van der Waals surface area contributed by atoms with Crippen molar-refractivity contribution in [1.29, 1.82) is 0 Å². The molecule has 1 aromatic carbocycles. The van der Waals surface area contributed by atoms with Crippen LogP contribution in [0.4, 0.5) is 5.69 Å². The quantitative estimate of drug-likeness (QED) is 0.931. The molecule has 0 spiro atoms. The molecule has 0 amide bonds. The monoisotopic (exact) mass is 318 g/mol. The molecule has 0 aromatic heterocycles. The summed E-state index contributed by atoms with van der Waals surface area (Å²) in [6, 6.07) is 5.43. The minimum atomic E-state index is -3.38. The maximum atomic E-state index is 12.0. The number of nitrogens with zero attached hydrogens (tertiary/aromatic N) is 1. The van der Waals surface area contributed by atoms with Crippen molar-refractivity contribution in [3.8, 4) is 0 Å². The van der Waals surface area contributed by atoms with Gasteiger partial charge in [0.25, 0.3) is 0 Å². The number of rotatable bonds is 3. The molecule has 4 nitrogen and oxygen atoms in total. The van der Waals surface area contributed by atoms with Crippen molar-refractivity contribution < 1.29 is 8.42 Å². The zero-order valence-electron chi connectivity index (χ0n) is 9.61. The summed E-state index contributed by atoms with van der Waals surface area (Å²) < 4.78 is 29.0. The molecule has 1 N–H and O–H groups in total. The third-order valence-electron chi connectivity index (χ3n) is 2.82.